The molecule has 0 aromatic carbocycles. The summed E-state index contributed by atoms with van der Waals surface area (Å²) < 4.78 is 0.844. The Morgan fingerprint density at radius 1 is 1.05 bits per heavy atom. The number of halogens is 1. The van der Waals surface area contributed by atoms with Crippen molar-refractivity contribution in [3.63, 3.8) is 0 Å². The van der Waals surface area contributed by atoms with Gasteiger partial charge in [-0.2, -0.15) is 0 Å². The van der Waals surface area contributed by atoms with Crippen LogP contribution in [0.3, 0.4) is 0 Å². The van der Waals surface area contributed by atoms with E-state index in [4.69, 9.17) is 5.11 Å². The Hall–Kier alpha value is 1.77. The number of quaternary nitrogens is 1. The fourth-order valence-corrected chi connectivity index (χ4v) is 2.28. The number of nitrogens with zero attached hydrogens (tertiary/aromatic N) is 2. The molecule has 20 heavy (non-hydrogen) atoms. The van der Waals surface area contributed by atoms with Gasteiger partial charge in [-0.05, 0) is 47.0 Å². The van der Waals surface area contributed by atoms with Crippen LogP contribution >= 0.6 is 0 Å². The second-order valence-electron chi connectivity index (χ2n) is 7.51. The van der Waals surface area contributed by atoms with Crippen molar-refractivity contribution in [1.29, 1.82) is 0 Å². The van der Waals surface area contributed by atoms with Crippen molar-refractivity contribution in [2.45, 2.75) is 58.0 Å². The molecule has 1 saturated heterocycles. The van der Waals surface area contributed by atoms with E-state index >= 15 is 0 Å². The SMILES string of the molecule is CC1(C)CCCC(C)(C)N1[O].C[N+](C)(C)CCO.[Cl-].[KH]. The quantitative estimate of drug-likeness (QED) is 0.489. The molecule has 0 bridgehead atoms. The van der Waals surface area contributed by atoms with Gasteiger partial charge in [0.1, 0.15) is 6.54 Å². The molecule has 1 N–H and O–H groups in total. The molecule has 119 valence electrons. The fraction of sp³-hybridized carbons (Fsp3) is 1.00. The topological polar surface area (TPSA) is 43.4 Å². The van der Waals surface area contributed by atoms with Crippen LogP contribution in [0, 0.1) is 0 Å². The van der Waals surface area contributed by atoms with Crippen LogP contribution in [-0.4, -0.2) is 111 Å². The summed E-state index contributed by atoms with van der Waals surface area (Å²) in [6.45, 7) is 9.23. The molecule has 0 unspecified atom stereocenters. The molecule has 6 heteroatoms. The maximum atomic E-state index is 11.7. The number of likely N-dealkylation sites (N-methyl/N-ethyl adjacent to an activating group) is 1. The van der Waals surface area contributed by atoms with Crippen molar-refractivity contribution < 1.29 is 27.2 Å². The number of piperidine rings is 1. The summed E-state index contributed by atoms with van der Waals surface area (Å²) in [5, 5.41) is 21.3. The molecule has 1 fully saturated rings. The molecule has 1 rings (SSSR count). The summed E-state index contributed by atoms with van der Waals surface area (Å²) >= 11 is 0. The summed E-state index contributed by atoms with van der Waals surface area (Å²) in [6, 6.07) is 0. The van der Waals surface area contributed by atoms with Gasteiger partial charge in [0, 0.05) is 11.1 Å². The molecule has 0 aliphatic carbocycles. The zero-order chi connectivity index (χ0) is 14.6. The monoisotopic (exact) mass is 335 g/mol. The van der Waals surface area contributed by atoms with Gasteiger partial charge in [0.05, 0.1) is 27.7 Å². The number of aliphatic hydroxyl groups is 1. The number of rotatable bonds is 2. The predicted molar refractivity (Wildman–Crippen MR) is 81.7 cm³/mol. The normalized spacial score (nSPS) is 20.9. The predicted octanol–water partition coefficient (Wildman–Crippen LogP) is -1.58. The van der Waals surface area contributed by atoms with Crippen molar-refractivity contribution in [1.82, 2.24) is 5.06 Å². The third-order valence-electron chi connectivity index (χ3n) is 3.45. The van der Waals surface area contributed by atoms with E-state index in [0.717, 1.165) is 23.9 Å². The van der Waals surface area contributed by atoms with Crippen molar-refractivity contribution >= 4 is 51.4 Å². The molecule has 0 spiro atoms. The van der Waals surface area contributed by atoms with E-state index in [0.29, 0.717) is 0 Å². The van der Waals surface area contributed by atoms with E-state index in [1.807, 2.05) is 27.7 Å². The average molecular weight is 336 g/mol. The molecule has 0 amide bonds. The Bertz CT molecular complexity index is 240. The van der Waals surface area contributed by atoms with Gasteiger partial charge in [-0.25, -0.2) is 0 Å². The second kappa shape index (κ2) is 10.5. The molecule has 1 aliphatic rings. The van der Waals surface area contributed by atoms with Crippen LogP contribution in [0.1, 0.15) is 47.0 Å². The van der Waals surface area contributed by atoms with Crippen LogP contribution in [0.15, 0.2) is 0 Å². The molecule has 4 nitrogen and oxygen atoms in total. The van der Waals surface area contributed by atoms with Crippen molar-refractivity contribution in [3.8, 4) is 0 Å². The molecule has 1 heterocycles. The standard InChI is InChI=1S/C9H18NO.C5H14NO.ClH.K.H/c1-8(2)6-5-7-9(3,4)10(8)11;1-6(2,3)4-5-7;;;/h5-7H2,1-4H3;7H,4-5H2,1-3H3;1H;;/q;+1;;;/p-1. The molecule has 1 radical (unpaired) electrons. The summed E-state index contributed by atoms with van der Waals surface area (Å²) in [6.07, 6.45) is 3.23. The van der Waals surface area contributed by atoms with Crippen LogP contribution < -0.4 is 12.4 Å². The van der Waals surface area contributed by atoms with Crippen LogP contribution in [0.4, 0.5) is 0 Å². The van der Waals surface area contributed by atoms with Crippen LogP contribution in [0.5, 0.6) is 0 Å². The zero-order valence-corrected chi connectivity index (χ0v) is 14.4. The summed E-state index contributed by atoms with van der Waals surface area (Å²) in [5.74, 6) is 0. The Morgan fingerprint density at radius 3 is 1.55 bits per heavy atom. The molecular formula is C14H33ClKN2O2. The van der Waals surface area contributed by atoms with Crippen molar-refractivity contribution in [3.05, 3.63) is 0 Å². The molecule has 0 aromatic heterocycles. The number of hydrogen-bond donors (Lipinski definition) is 1. The summed E-state index contributed by atoms with van der Waals surface area (Å²) in [5.41, 5.74) is -0.302. The Balaban J connectivity index is -0.000000286. The first-order valence-corrected chi connectivity index (χ1v) is 6.81. The molecule has 0 atom stereocenters. The molecular weight excluding hydrogens is 303 g/mol. The summed E-state index contributed by atoms with van der Waals surface area (Å²) in [7, 11) is 6.16. The van der Waals surface area contributed by atoms with Gasteiger partial charge in [0.25, 0.3) is 0 Å². The number of hydrogen-bond acceptors (Lipinski definition) is 2. The molecule has 0 aromatic rings. The first kappa shape index (κ1) is 26.7. The zero-order valence-electron chi connectivity index (χ0n) is 13.7. The van der Waals surface area contributed by atoms with Crippen molar-refractivity contribution in [2.24, 2.45) is 0 Å². The van der Waals surface area contributed by atoms with Gasteiger partial charge in [0.2, 0.25) is 0 Å². The maximum absolute atomic E-state index is 11.7. The van der Waals surface area contributed by atoms with Gasteiger partial charge >= 0.3 is 51.4 Å². The second-order valence-corrected chi connectivity index (χ2v) is 7.51. The Kier molecular flexibility index (Phi) is 14.0. The fourth-order valence-electron chi connectivity index (χ4n) is 2.28. The van der Waals surface area contributed by atoms with Crippen LogP contribution in [-0.2, 0) is 5.21 Å². The first-order chi connectivity index (χ1) is 7.92. The van der Waals surface area contributed by atoms with Crippen molar-refractivity contribution in [2.75, 3.05) is 34.3 Å². The first-order valence-electron chi connectivity index (χ1n) is 6.81. The van der Waals surface area contributed by atoms with E-state index in [1.165, 1.54) is 11.5 Å². The van der Waals surface area contributed by atoms with Crippen LogP contribution in [0.2, 0.25) is 0 Å². The van der Waals surface area contributed by atoms with Crippen LogP contribution in [0.25, 0.3) is 0 Å². The minimum atomic E-state index is -0.151. The summed E-state index contributed by atoms with van der Waals surface area (Å²) in [4.78, 5) is 0. The minimum absolute atomic E-state index is 0. The third-order valence-corrected chi connectivity index (χ3v) is 3.45. The number of hydroxylamine groups is 2. The van der Waals surface area contributed by atoms with Gasteiger partial charge < -0.3 is 22.0 Å². The van der Waals surface area contributed by atoms with E-state index in [2.05, 4.69) is 21.1 Å². The van der Waals surface area contributed by atoms with E-state index in [1.54, 1.807) is 0 Å². The van der Waals surface area contributed by atoms with E-state index in [-0.39, 0.29) is 81.5 Å². The molecule has 0 saturated carbocycles. The Labute approximate surface area is 174 Å². The van der Waals surface area contributed by atoms with Gasteiger partial charge in [-0.1, -0.05) is 0 Å². The molecule has 1 aliphatic heterocycles. The van der Waals surface area contributed by atoms with Gasteiger partial charge in [-0.3, -0.25) is 0 Å². The van der Waals surface area contributed by atoms with Gasteiger partial charge in [-0.15, -0.1) is 10.3 Å². The van der Waals surface area contributed by atoms with E-state index < -0.39 is 0 Å². The Morgan fingerprint density at radius 2 is 1.40 bits per heavy atom. The third kappa shape index (κ3) is 10.5. The average Bonchev–Trinajstić information content (AvgIpc) is 2.13. The van der Waals surface area contributed by atoms with Gasteiger partial charge in [0.15, 0.2) is 0 Å². The van der Waals surface area contributed by atoms with E-state index in [9.17, 15) is 5.21 Å². The number of aliphatic hydroxyl groups excluding tert-OH is 1.